The molecule has 0 aliphatic carbocycles. The third-order valence-electron chi connectivity index (χ3n) is 6.86. The lowest BCUT2D eigenvalue weighted by Crippen LogP contribution is -2.41. The third kappa shape index (κ3) is 4.29. The fourth-order valence-corrected chi connectivity index (χ4v) is 4.33. The van der Waals surface area contributed by atoms with Crippen LogP contribution in [0.5, 0.6) is 0 Å². The van der Waals surface area contributed by atoms with Crippen LogP contribution in [0.4, 0.5) is 0 Å². The zero-order chi connectivity index (χ0) is 26.1. The lowest BCUT2D eigenvalue weighted by atomic mass is 9.78. The molecule has 1 aliphatic heterocycles. The molecule has 186 valence electrons. The number of imidazole rings is 1. The summed E-state index contributed by atoms with van der Waals surface area (Å²) < 4.78 is 14.6. The predicted molar refractivity (Wildman–Crippen MR) is 152 cm³/mol. The first-order valence-electron chi connectivity index (χ1n) is 13.0. The second-order valence-corrected chi connectivity index (χ2v) is 9.43. The summed E-state index contributed by atoms with van der Waals surface area (Å²) in [6.07, 6.45) is 2.05. The topological polar surface area (TPSA) is 48.7 Å². The van der Waals surface area contributed by atoms with E-state index in [1.165, 1.54) is 0 Å². The molecule has 4 heterocycles. The van der Waals surface area contributed by atoms with Gasteiger partial charge in [0.25, 0.3) is 0 Å². The summed E-state index contributed by atoms with van der Waals surface area (Å²) in [4.78, 5) is 9.97. The molecule has 6 rings (SSSR count). The van der Waals surface area contributed by atoms with E-state index < -0.39 is 0 Å². The summed E-state index contributed by atoms with van der Waals surface area (Å²) in [5.74, 6) is 0. The van der Waals surface area contributed by atoms with E-state index in [0.717, 1.165) is 44.3 Å². The molecule has 1 saturated heterocycles. The molecule has 1 fully saturated rings. The Morgan fingerprint density at radius 1 is 0.722 bits per heavy atom. The molecule has 0 unspecified atom stereocenters. The van der Waals surface area contributed by atoms with Crippen molar-refractivity contribution in [3.63, 3.8) is 0 Å². The van der Waals surface area contributed by atoms with Gasteiger partial charge in [0.1, 0.15) is 11.2 Å². The van der Waals surface area contributed by atoms with Crippen molar-refractivity contribution in [2.75, 3.05) is 0 Å². The van der Waals surface area contributed by atoms with Crippen molar-refractivity contribution in [1.29, 1.82) is 0 Å². The maximum Gasteiger partial charge on any atom is 0.494 e. The van der Waals surface area contributed by atoms with Crippen molar-refractivity contribution in [3.05, 3.63) is 72.9 Å². The second kappa shape index (κ2) is 10.0. The summed E-state index contributed by atoms with van der Waals surface area (Å²) >= 11 is 0. The fraction of sp³-hybridized carbons (Fsp3) is 0.333. The highest BCUT2D eigenvalue weighted by Gasteiger charge is 2.51. The Hall–Kier alpha value is -3.22. The molecule has 0 N–H and O–H groups in total. The largest absolute Gasteiger partial charge is 0.494 e. The number of hydrogen-bond donors (Lipinski definition) is 0. The lowest BCUT2D eigenvalue weighted by molar-refractivity contribution is 0.00578. The molecule has 0 atom stereocenters. The number of fused-ring (bicyclic) bond motifs is 5. The van der Waals surface area contributed by atoms with Crippen molar-refractivity contribution in [1.82, 2.24) is 14.4 Å². The number of nitrogens with zero attached hydrogens (tertiary/aromatic N) is 3. The molecule has 1 aliphatic rings. The van der Waals surface area contributed by atoms with Gasteiger partial charge in [0.05, 0.1) is 27.9 Å². The van der Waals surface area contributed by atoms with Crippen LogP contribution in [-0.4, -0.2) is 32.7 Å². The Balaban J connectivity index is 0.000000726. The van der Waals surface area contributed by atoms with E-state index in [1.54, 1.807) is 0 Å². The van der Waals surface area contributed by atoms with Gasteiger partial charge in [-0.3, -0.25) is 4.40 Å². The summed E-state index contributed by atoms with van der Waals surface area (Å²) in [5.41, 5.74) is 6.06. The predicted octanol–water partition coefficient (Wildman–Crippen LogP) is 7.05. The lowest BCUT2D eigenvalue weighted by Gasteiger charge is -2.32. The first-order valence-corrected chi connectivity index (χ1v) is 13.0. The molecule has 0 radical (unpaired) electrons. The van der Waals surface area contributed by atoms with E-state index in [2.05, 4.69) is 62.4 Å². The van der Waals surface area contributed by atoms with E-state index in [1.807, 2.05) is 70.3 Å². The smallest absolute Gasteiger partial charge is 0.399 e. The summed E-state index contributed by atoms with van der Waals surface area (Å²) in [5, 5.41) is 1.06. The van der Waals surface area contributed by atoms with Gasteiger partial charge < -0.3 is 9.31 Å². The van der Waals surface area contributed by atoms with Crippen LogP contribution in [0.15, 0.2) is 72.9 Å². The number of hydrogen-bond acceptors (Lipinski definition) is 4. The highest BCUT2D eigenvalue weighted by atomic mass is 16.7. The number of rotatable bonds is 2. The molecular formula is C30H36BN3O2. The molecule has 0 spiro atoms. The van der Waals surface area contributed by atoms with Crippen molar-refractivity contribution < 1.29 is 9.31 Å². The minimum Gasteiger partial charge on any atom is -0.399 e. The Labute approximate surface area is 214 Å². The van der Waals surface area contributed by atoms with Gasteiger partial charge in [0.15, 0.2) is 0 Å². The molecule has 5 nitrogen and oxygen atoms in total. The molecule has 0 amide bonds. The van der Waals surface area contributed by atoms with E-state index in [4.69, 9.17) is 19.3 Å². The van der Waals surface area contributed by atoms with Gasteiger partial charge in [0.2, 0.25) is 0 Å². The minimum absolute atomic E-state index is 0.362. The van der Waals surface area contributed by atoms with Crippen LogP contribution in [0.25, 0.3) is 38.8 Å². The first kappa shape index (κ1) is 25.9. The maximum atomic E-state index is 6.22. The van der Waals surface area contributed by atoms with Crippen molar-refractivity contribution in [3.8, 4) is 11.3 Å². The molecule has 6 heteroatoms. The number of para-hydroxylation sites is 1. The summed E-state index contributed by atoms with van der Waals surface area (Å²) in [7, 11) is -0.380. The van der Waals surface area contributed by atoms with E-state index in [0.29, 0.717) is 0 Å². The average molecular weight is 481 g/mol. The normalized spacial score (nSPS) is 15.9. The average Bonchev–Trinajstić information content (AvgIpc) is 3.40. The van der Waals surface area contributed by atoms with Crippen LogP contribution in [0.3, 0.4) is 0 Å². The van der Waals surface area contributed by atoms with Gasteiger partial charge in [-0.1, -0.05) is 76.2 Å². The van der Waals surface area contributed by atoms with Crippen LogP contribution in [0, 0.1) is 0 Å². The zero-order valence-electron chi connectivity index (χ0n) is 22.7. The molecule has 5 aromatic rings. The first-order chi connectivity index (χ1) is 17.3. The molecule has 2 aromatic carbocycles. The van der Waals surface area contributed by atoms with E-state index >= 15 is 0 Å². The van der Waals surface area contributed by atoms with Crippen molar-refractivity contribution in [2.24, 2.45) is 0 Å². The molecule has 36 heavy (non-hydrogen) atoms. The Morgan fingerprint density at radius 2 is 1.33 bits per heavy atom. The minimum atomic E-state index is -0.380. The van der Waals surface area contributed by atoms with Gasteiger partial charge in [0, 0.05) is 17.1 Å². The van der Waals surface area contributed by atoms with Crippen molar-refractivity contribution >= 4 is 40.2 Å². The van der Waals surface area contributed by atoms with Gasteiger partial charge in [-0.05, 0) is 51.4 Å². The standard InChI is InChI=1S/C26H24BN3O2.2C2H6/c1-25(2)26(3,4)32-27(31-25)18-14-12-17(13-15-18)22-24-23(19-9-5-6-10-20(19)28-22)29-21-11-7-8-16-30(21)24;2*1-2/h5-16H,1-4H3;2*1-2H3. The second-order valence-electron chi connectivity index (χ2n) is 9.43. The van der Waals surface area contributed by atoms with Crippen LogP contribution in [-0.2, 0) is 9.31 Å². The number of benzene rings is 2. The SMILES string of the molecule is CC.CC.CC1(C)OB(c2ccc(-c3nc4ccccc4c4nc5ccccn5c34)cc2)OC1(C)C. The number of pyridine rings is 2. The summed E-state index contributed by atoms with van der Waals surface area (Å²) in [6.45, 7) is 16.3. The quantitative estimate of drug-likeness (QED) is 0.254. The molecule has 3 aromatic heterocycles. The molecular weight excluding hydrogens is 445 g/mol. The van der Waals surface area contributed by atoms with Gasteiger partial charge in [-0.15, -0.1) is 0 Å². The Morgan fingerprint density at radius 3 is 2.00 bits per heavy atom. The maximum absolute atomic E-state index is 6.22. The van der Waals surface area contributed by atoms with Crippen LogP contribution < -0.4 is 5.46 Å². The number of aromatic nitrogens is 3. The Bertz CT molecular complexity index is 1470. The van der Waals surface area contributed by atoms with Gasteiger partial charge in [-0.25, -0.2) is 9.97 Å². The van der Waals surface area contributed by atoms with Crippen LogP contribution >= 0.6 is 0 Å². The molecule has 0 bridgehead atoms. The van der Waals surface area contributed by atoms with E-state index in [-0.39, 0.29) is 18.3 Å². The summed E-state index contributed by atoms with van der Waals surface area (Å²) in [6, 6.07) is 22.6. The monoisotopic (exact) mass is 481 g/mol. The van der Waals surface area contributed by atoms with Crippen LogP contribution in [0.2, 0.25) is 0 Å². The Kier molecular flexibility index (Phi) is 7.21. The molecule has 0 saturated carbocycles. The van der Waals surface area contributed by atoms with E-state index in [9.17, 15) is 0 Å². The third-order valence-corrected chi connectivity index (χ3v) is 6.86. The highest BCUT2D eigenvalue weighted by Crippen LogP contribution is 2.37. The zero-order valence-corrected chi connectivity index (χ0v) is 22.7. The highest BCUT2D eigenvalue weighted by molar-refractivity contribution is 6.62. The van der Waals surface area contributed by atoms with Gasteiger partial charge in [-0.2, -0.15) is 0 Å². The van der Waals surface area contributed by atoms with Crippen LogP contribution in [0.1, 0.15) is 55.4 Å². The van der Waals surface area contributed by atoms with Crippen molar-refractivity contribution in [2.45, 2.75) is 66.6 Å². The fourth-order valence-electron chi connectivity index (χ4n) is 4.33. The van der Waals surface area contributed by atoms with Gasteiger partial charge >= 0.3 is 7.12 Å².